The molecule has 28 heavy (non-hydrogen) atoms. The molecule has 1 amide bonds. The third-order valence-corrected chi connectivity index (χ3v) is 5.66. The Morgan fingerprint density at radius 3 is 2.61 bits per heavy atom. The van der Waals surface area contributed by atoms with Crippen LogP contribution in [0.15, 0.2) is 40.6 Å². The molecular weight excluding hydrogens is 406 g/mol. The highest BCUT2D eigenvalue weighted by Crippen LogP contribution is 2.29. The summed E-state index contributed by atoms with van der Waals surface area (Å²) in [5.74, 6) is -0.266. The molecule has 1 aromatic heterocycles. The number of hydrogen-bond acceptors (Lipinski definition) is 5. The Labute approximate surface area is 167 Å². The SMILES string of the molecule is COc1ccc(Cl)cc1NC(=O)C1=CC(c2cn(C)nc2C)=NS(=O)(=O)N1C. The zero-order chi connectivity index (χ0) is 20.6. The first-order valence-electron chi connectivity index (χ1n) is 8.08. The van der Waals surface area contributed by atoms with Crippen molar-refractivity contribution < 1.29 is 17.9 Å². The summed E-state index contributed by atoms with van der Waals surface area (Å²) in [4.78, 5) is 12.9. The summed E-state index contributed by atoms with van der Waals surface area (Å²) >= 11 is 5.98. The van der Waals surface area contributed by atoms with Crippen LogP contribution in [0.25, 0.3) is 0 Å². The topological polar surface area (TPSA) is 106 Å². The van der Waals surface area contributed by atoms with E-state index >= 15 is 0 Å². The number of amides is 1. The van der Waals surface area contributed by atoms with E-state index in [0.717, 1.165) is 4.31 Å². The molecule has 0 saturated heterocycles. The summed E-state index contributed by atoms with van der Waals surface area (Å²) in [6, 6.07) is 4.72. The number of anilines is 1. The molecule has 1 aliphatic rings. The second-order valence-corrected chi connectivity index (χ2v) is 8.11. The maximum atomic E-state index is 12.9. The highest BCUT2D eigenvalue weighted by molar-refractivity contribution is 7.88. The van der Waals surface area contributed by atoms with Crippen molar-refractivity contribution in [3.05, 3.63) is 52.4 Å². The van der Waals surface area contributed by atoms with Crippen molar-refractivity contribution in [2.24, 2.45) is 11.4 Å². The van der Waals surface area contributed by atoms with Crippen LogP contribution in [0.1, 0.15) is 11.3 Å². The number of halogens is 1. The summed E-state index contributed by atoms with van der Waals surface area (Å²) in [6.45, 7) is 1.73. The van der Waals surface area contributed by atoms with Crippen LogP contribution in [-0.2, 0) is 22.1 Å². The van der Waals surface area contributed by atoms with Crippen LogP contribution in [0.5, 0.6) is 5.75 Å². The second-order valence-electron chi connectivity index (χ2n) is 6.05. The smallest absolute Gasteiger partial charge is 0.345 e. The number of rotatable bonds is 4. The van der Waals surface area contributed by atoms with Gasteiger partial charge >= 0.3 is 10.2 Å². The molecule has 0 spiro atoms. The van der Waals surface area contributed by atoms with E-state index in [1.807, 2.05) is 0 Å². The van der Waals surface area contributed by atoms with Gasteiger partial charge in [0.05, 0.1) is 24.2 Å². The fourth-order valence-corrected chi connectivity index (χ4v) is 3.79. The number of ether oxygens (including phenoxy) is 1. The lowest BCUT2D eigenvalue weighted by Crippen LogP contribution is -2.35. The van der Waals surface area contributed by atoms with Gasteiger partial charge in [-0.1, -0.05) is 11.6 Å². The zero-order valence-electron chi connectivity index (χ0n) is 15.6. The van der Waals surface area contributed by atoms with Crippen molar-refractivity contribution in [2.45, 2.75) is 6.92 Å². The van der Waals surface area contributed by atoms with Gasteiger partial charge in [-0.25, -0.2) is 4.31 Å². The van der Waals surface area contributed by atoms with Crippen LogP contribution in [-0.4, -0.2) is 48.3 Å². The Kier molecular flexibility index (Phi) is 5.18. The molecule has 0 radical (unpaired) electrons. The van der Waals surface area contributed by atoms with Gasteiger partial charge in [-0.3, -0.25) is 9.48 Å². The number of nitrogens with one attached hydrogen (secondary N) is 1. The molecule has 3 rings (SSSR count). The first kappa shape index (κ1) is 19.9. The summed E-state index contributed by atoms with van der Waals surface area (Å²) in [6.07, 6.45) is 3.04. The van der Waals surface area contributed by atoms with E-state index in [4.69, 9.17) is 16.3 Å². The largest absolute Gasteiger partial charge is 0.495 e. The molecule has 0 fully saturated rings. The summed E-state index contributed by atoms with van der Waals surface area (Å²) in [5, 5.41) is 7.21. The maximum Gasteiger partial charge on any atom is 0.345 e. The quantitative estimate of drug-likeness (QED) is 0.808. The standard InChI is InChI=1S/C17H18ClN5O4S/c1-10-12(9-22(2)20-10)13-8-15(23(3)28(25,26)21-13)17(24)19-14-7-11(18)5-6-16(14)27-4/h5-9H,1-4H3,(H,19,24). The van der Waals surface area contributed by atoms with Crippen LogP contribution in [0.2, 0.25) is 5.02 Å². The molecule has 148 valence electrons. The van der Waals surface area contributed by atoms with Crippen molar-refractivity contribution in [3.63, 3.8) is 0 Å². The monoisotopic (exact) mass is 423 g/mol. The van der Waals surface area contributed by atoms with E-state index < -0.39 is 16.1 Å². The van der Waals surface area contributed by atoms with Gasteiger partial charge in [0.25, 0.3) is 5.91 Å². The molecule has 0 atom stereocenters. The molecule has 2 aromatic rings. The van der Waals surface area contributed by atoms with E-state index in [-0.39, 0.29) is 11.4 Å². The molecular formula is C17H18ClN5O4S. The first-order valence-corrected chi connectivity index (χ1v) is 9.86. The van der Waals surface area contributed by atoms with Crippen molar-refractivity contribution in [1.82, 2.24) is 14.1 Å². The maximum absolute atomic E-state index is 12.9. The minimum Gasteiger partial charge on any atom is -0.495 e. The first-order chi connectivity index (χ1) is 13.1. The highest BCUT2D eigenvalue weighted by atomic mass is 35.5. The van der Waals surface area contributed by atoms with Crippen LogP contribution in [0.3, 0.4) is 0 Å². The number of allylic oxidation sites excluding steroid dienone is 1. The van der Waals surface area contributed by atoms with Gasteiger partial charge in [0.2, 0.25) is 0 Å². The van der Waals surface area contributed by atoms with Crippen molar-refractivity contribution in [3.8, 4) is 5.75 Å². The number of hydrogen-bond donors (Lipinski definition) is 1. The van der Waals surface area contributed by atoms with E-state index in [1.165, 1.54) is 26.3 Å². The number of carbonyl (C=O) groups is 1. The van der Waals surface area contributed by atoms with Gasteiger partial charge in [0.1, 0.15) is 11.4 Å². The molecule has 11 heteroatoms. The minimum absolute atomic E-state index is 0.102. The van der Waals surface area contributed by atoms with Crippen LogP contribution in [0, 0.1) is 6.92 Å². The van der Waals surface area contributed by atoms with E-state index in [0.29, 0.717) is 27.7 Å². The zero-order valence-corrected chi connectivity index (χ0v) is 17.2. The number of aromatic nitrogens is 2. The second kappa shape index (κ2) is 7.28. The summed E-state index contributed by atoms with van der Waals surface area (Å²) < 4.78 is 36.3. The lowest BCUT2D eigenvalue weighted by Gasteiger charge is -2.23. The molecule has 1 aliphatic heterocycles. The third kappa shape index (κ3) is 3.73. The van der Waals surface area contributed by atoms with Crippen molar-refractivity contribution >= 4 is 39.1 Å². The molecule has 0 unspecified atom stereocenters. The molecule has 0 saturated carbocycles. The summed E-state index contributed by atoms with van der Waals surface area (Å²) in [5.41, 5.74) is 1.45. The number of methoxy groups -OCH3 is 1. The molecule has 0 bridgehead atoms. The predicted octanol–water partition coefficient (Wildman–Crippen LogP) is 1.89. The third-order valence-electron chi connectivity index (χ3n) is 4.10. The number of aryl methyl sites for hydroxylation is 2. The average molecular weight is 424 g/mol. The lowest BCUT2D eigenvalue weighted by atomic mass is 10.1. The van der Waals surface area contributed by atoms with Gasteiger partial charge in [0.15, 0.2) is 0 Å². The highest BCUT2D eigenvalue weighted by Gasteiger charge is 2.31. The van der Waals surface area contributed by atoms with E-state index in [1.54, 1.807) is 37.0 Å². The fraction of sp³-hybridized carbons (Fsp3) is 0.235. The van der Waals surface area contributed by atoms with Crippen LogP contribution in [0.4, 0.5) is 5.69 Å². The average Bonchev–Trinajstić information content (AvgIpc) is 2.95. The predicted molar refractivity (Wildman–Crippen MR) is 106 cm³/mol. The fourth-order valence-electron chi connectivity index (χ4n) is 2.71. The molecule has 2 heterocycles. The number of nitrogens with zero attached hydrogens (tertiary/aromatic N) is 4. The Morgan fingerprint density at radius 1 is 1.29 bits per heavy atom. The Balaban J connectivity index is 2.02. The van der Waals surface area contributed by atoms with Gasteiger partial charge in [-0.2, -0.15) is 13.5 Å². The van der Waals surface area contributed by atoms with Gasteiger partial charge in [-0.05, 0) is 31.2 Å². The lowest BCUT2D eigenvalue weighted by molar-refractivity contribution is -0.113. The molecule has 9 nitrogen and oxygen atoms in total. The Morgan fingerprint density at radius 2 is 2.00 bits per heavy atom. The van der Waals surface area contributed by atoms with Crippen LogP contribution < -0.4 is 10.1 Å². The number of benzene rings is 1. The normalized spacial score (nSPS) is 15.7. The number of carbonyl (C=O) groups excluding carboxylic acids is 1. The van der Waals surface area contributed by atoms with E-state index in [2.05, 4.69) is 14.8 Å². The van der Waals surface area contributed by atoms with Gasteiger partial charge in [0, 0.05) is 30.9 Å². The Bertz CT molecular complexity index is 1120. The van der Waals surface area contributed by atoms with Crippen LogP contribution >= 0.6 is 11.6 Å². The minimum atomic E-state index is -4.08. The van der Waals surface area contributed by atoms with Crippen molar-refractivity contribution in [1.29, 1.82) is 0 Å². The van der Waals surface area contributed by atoms with Gasteiger partial charge in [-0.15, -0.1) is 4.40 Å². The molecule has 0 aliphatic carbocycles. The van der Waals surface area contributed by atoms with E-state index in [9.17, 15) is 13.2 Å². The number of likely N-dealkylation sites (N-methyl/N-ethyl adjacent to an activating group) is 1. The van der Waals surface area contributed by atoms with Crippen molar-refractivity contribution in [2.75, 3.05) is 19.5 Å². The summed E-state index contributed by atoms with van der Waals surface area (Å²) in [7, 11) is 0.339. The van der Waals surface area contributed by atoms with Gasteiger partial charge < -0.3 is 10.1 Å². The molecule has 1 N–H and O–H groups in total. The Hall–Kier alpha value is -2.85. The molecule has 1 aromatic carbocycles.